The van der Waals surface area contributed by atoms with Crippen molar-refractivity contribution in [3.05, 3.63) is 24.3 Å². The van der Waals surface area contributed by atoms with Crippen LogP contribution in [0, 0.1) is 0 Å². The number of hydrogen-bond acceptors (Lipinski definition) is 6. The van der Waals surface area contributed by atoms with E-state index in [0.717, 1.165) is 51.4 Å². The molecular weight excluding hydrogens is 575 g/mol. The van der Waals surface area contributed by atoms with Crippen molar-refractivity contribution in [2.75, 3.05) is 40.9 Å². The summed E-state index contributed by atoms with van der Waals surface area (Å²) >= 11 is 0. The highest BCUT2D eigenvalue weighted by Gasteiger charge is 2.23. The van der Waals surface area contributed by atoms with Gasteiger partial charge in [-0.05, 0) is 44.9 Å². The Morgan fingerprint density at radius 1 is 0.773 bits per heavy atom. The molecule has 0 fully saturated rings. The average molecular weight is 645 g/mol. The number of hydrogen-bond donors (Lipinski definition) is 2. The summed E-state index contributed by atoms with van der Waals surface area (Å²) in [6, 6.07) is -0.884. The van der Waals surface area contributed by atoms with Crippen LogP contribution in [0.1, 0.15) is 142 Å². The van der Waals surface area contributed by atoms with E-state index < -0.39 is 20.0 Å². The average Bonchev–Trinajstić information content (AvgIpc) is 2.95. The normalized spacial score (nSPS) is 15.2. The van der Waals surface area contributed by atoms with Crippen molar-refractivity contribution in [3.8, 4) is 0 Å². The van der Waals surface area contributed by atoms with Crippen LogP contribution in [0.5, 0.6) is 0 Å². The lowest BCUT2D eigenvalue weighted by molar-refractivity contribution is -0.870. The molecule has 0 aliphatic heterocycles. The molecule has 3 unspecified atom stereocenters. The summed E-state index contributed by atoms with van der Waals surface area (Å²) in [6.07, 6.45) is 29.3. The van der Waals surface area contributed by atoms with Crippen molar-refractivity contribution in [1.29, 1.82) is 0 Å². The second-order valence-electron chi connectivity index (χ2n) is 13.2. The van der Waals surface area contributed by atoms with Gasteiger partial charge in [0.25, 0.3) is 7.82 Å². The molecule has 2 N–H and O–H groups in total. The number of allylic oxidation sites excluding steroid dienone is 3. The Kier molecular flexibility index (Phi) is 27.6. The number of nitrogens with zero attached hydrogens (tertiary/aromatic N) is 1. The second kappa shape index (κ2) is 28.2. The van der Waals surface area contributed by atoms with Crippen LogP contribution in [0.3, 0.4) is 0 Å². The lowest BCUT2D eigenvalue weighted by Gasteiger charge is -2.29. The number of phosphoric ester groups is 1. The van der Waals surface area contributed by atoms with Crippen LogP contribution in [-0.4, -0.2) is 68.5 Å². The summed E-state index contributed by atoms with van der Waals surface area (Å²) in [6.45, 7) is 4.56. The molecule has 0 bridgehead atoms. The number of quaternary nitrogens is 1. The summed E-state index contributed by atoms with van der Waals surface area (Å²) in [5.41, 5.74) is 0. The molecule has 3 atom stereocenters. The lowest BCUT2D eigenvalue weighted by atomic mass is 10.1. The van der Waals surface area contributed by atoms with Crippen LogP contribution in [0.2, 0.25) is 0 Å². The van der Waals surface area contributed by atoms with E-state index in [1.807, 2.05) is 27.2 Å². The Balaban J connectivity index is 4.61. The molecule has 0 aromatic carbocycles. The predicted octanol–water partition coefficient (Wildman–Crippen LogP) is 7.99. The molecule has 0 saturated carbocycles. The van der Waals surface area contributed by atoms with Gasteiger partial charge in [-0.1, -0.05) is 115 Å². The third kappa shape index (κ3) is 29.7. The van der Waals surface area contributed by atoms with Crippen molar-refractivity contribution >= 4 is 13.7 Å². The Bertz CT molecular complexity index is 784. The van der Waals surface area contributed by atoms with Gasteiger partial charge in [-0.25, -0.2) is 0 Å². The number of carbonyl (C=O) groups is 1. The third-order valence-electron chi connectivity index (χ3n) is 7.66. The van der Waals surface area contributed by atoms with Crippen molar-refractivity contribution in [3.63, 3.8) is 0 Å². The van der Waals surface area contributed by atoms with Crippen LogP contribution in [0.15, 0.2) is 24.3 Å². The number of aliphatic hydroxyl groups is 1. The van der Waals surface area contributed by atoms with Crippen molar-refractivity contribution in [2.45, 2.75) is 154 Å². The van der Waals surface area contributed by atoms with Gasteiger partial charge in [0.15, 0.2) is 0 Å². The Morgan fingerprint density at radius 2 is 1.25 bits per heavy atom. The maximum atomic E-state index is 12.7. The summed E-state index contributed by atoms with van der Waals surface area (Å²) in [5.74, 6) is -0.212. The highest BCUT2D eigenvalue weighted by molar-refractivity contribution is 7.45. The van der Waals surface area contributed by atoms with Gasteiger partial charge < -0.3 is 28.8 Å². The Labute approximate surface area is 271 Å². The van der Waals surface area contributed by atoms with Crippen molar-refractivity contribution in [2.24, 2.45) is 0 Å². The first-order valence-corrected chi connectivity index (χ1v) is 19.2. The van der Waals surface area contributed by atoms with Crippen LogP contribution in [-0.2, 0) is 18.4 Å². The van der Waals surface area contributed by atoms with Crippen LogP contribution in [0.25, 0.3) is 0 Å². The number of phosphoric acid groups is 1. The van der Waals surface area contributed by atoms with Crippen LogP contribution < -0.4 is 10.2 Å². The molecule has 0 aliphatic carbocycles. The molecule has 0 saturated heterocycles. The van der Waals surface area contributed by atoms with Gasteiger partial charge in [0.2, 0.25) is 5.91 Å². The number of amides is 1. The monoisotopic (exact) mass is 644 g/mol. The molecule has 9 heteroatoms. The van der Waals surface area contributed by atoms with E-state index in [0.29, 0.717) is 17.4 Å². The van der Waals surface area contributed by atoms with Gasteiger partial charge >= 0.3 is 0 Å². The second-order valence-corrected chi connectivity index (χ2v) is 14.6. The first-order chi connectivity index (χ1) is 21.0. The van der Waals surface area contributed by atoms with E-state index in [4.69, 9.17) is 9.05 Å². The smallest absolute Gasteiger partial charge is 0.268 e. The predicted molar refractivity (Wildman–Crippen MR) is 182 cm³/mol. The molecule has 0 rings (SSSR count). The standard InChI is InChI=1S/C35H69N2O6P/c1-6-8-10-12-14-16-18-19-21-23-25-27-29-35(39)36-33(32-43-44(40,41)42-31-30-37(3,4)5)34(38)28-26-24-22-20-17-15-13-11-9-7-2/h14,16,26,28,33-34,38H,6-13,15,17-25,27,29-32H2,1-5H3,(H-,36,39,40,41)/b16-14-,28-26+. The zero-order chi connectivity index (χ0) is 32.9. The third-order valence-corrected chi connectivity index (χ3v) is 8.62. The van der Waals surface area contributed by atoms with E-state index in [1.54, 1.807) is 6.08 Å². The minimum absolute atomic E-state index is 0.00237. The maximum Gasteiger partial charge on any atom is 0.268 e. The molecule has 8 nitrogen and oxygen atoms in total. The van der Waals surface area contributed by atoms with E-state index in [2.05, 4.69) is 31.3 Å². The maximum absolute atomic E-state index is 12.7. The number of likely N-dealkylation sites (N-methyl/N-ethyl adjacent to an activating group) is 1. The van der Waals surface area contributed by atoms with Crippen molar-refractivity contribution in [1.82, 2.24) is 5.32 Å². The minimum Gasteiger partial charge on any atom is -0.756 e. The topological polar surface area (TPSA) is 108 Å². The van der Waals surface area contributed by atoms with Gasteiger partial charge in [-0.2, -0.15) is 0 Å². The first kappa shape index (κ1) is 43.0. The van der Waals surface area contributed by atoms with E-state index >= 15 is 0 Å². The molecule has 0 heterocycles. The molecule has 260 valence electrons. The van der Waals surface area contributed by atoms with Crippen LogP contribution in [0.4, 0.5) is 0 Å². The lowest BCUT2D eigenvalue weighted by Crippen LogP contribution is -2.45. The molecule has 0 aromatic heterocycles. The fourth-order valence-electron chi connectivity index (χ4n) is 4.73. The van der Waals surface area contributed by atoms with Gasteiger partial charge in [-0.15, -0.1) is 0 Å². The summed E-state index contributed by atoms with van der Waals surface area (Å²) in [4.78, 5) is 25.0. The highest BCUT2D eigenvalue weighted by Crippen LogP contribution is 2.38. The molecule has 0 spiro atoms. The molecule has 1 amide bonds. The Morgan fingerprint density at radius 3 is 1.82 bits per heavy atom. The summed E-state index contributed by atoms with van der Waals surface area (Å²) in [5, 5.41) is 13.6. The quantitative estimate of drug-likeness (QED) is 0.0343. The van der Waals surface area contributed by atoms with E-state index in [9.17, 15) is 19.4 Å². The molecule has 0 radical (unpaired) electrons. The SMILES string of the molecule is CCCCC/C=C\CCCCCCCC(=O)NC(COP(=O)([O-])OCC[N+](C)(C)C)C(O)/C=C/CCCCCCCCCC. The van der Waals surface area contributed by atoms with Crippen molar-refractivity contribution < 1.29 is 32.9 Å². The number of rotatable bonds is 31. The minimum atomic E-state index is -4.57. The largest absolute Gasteiger partial charge is 0.756 e. The number of carbonyl (C=O) groups excluding carboxylic acids is 1. The summed E-state index contributed by atoms with van der Waals surface area (Å²) in [7, 11) is 1.25. The number of nitrogens with one attached hydrogen (secondary N) is 1. The van der Waals surface area contributed by atoms with E-state index in [-0.39, 0.29) is 19.1 Å². The zero-order valence-electron chi connectivity index (χ0n) is 29.1. The first-order valence-electron chi connectivity index (χ1n) is 17.7. The summed E-state index contributed by atoms with van der Waals surface area (Å²) < 4.78 is 23.0. The molecule has 44 heavy (non-hydrogen) atoms. The Hall–Kier alpha value is -1.02. The highest BCUT2D eigenvalue weighted by atomic mass is 31.2. The fourth-order valence-corrected chi connectivity index (χ4v) is 5.45. The van der Waals surface area contributed by atoms with Crippen LogP contribution >= 0.6 is 7.82 Å². The molecule has 0 aliphatic rings. The van der Waals surface area contributed by atoms with Gasteiger partial charge in [0.05, 0.1) is 39.9 Å². The molecular formula is C35H69N2O6P. The number of unbranched alkanes of at least 4 members (excludes halogenated alkanes) is 16. The number of aliphatic hydroxyl groups excluding tert-OH is 1. The van der Waals surface area contributed by atoms with Gasteiger partial charge in [0, 0.05) is 6.42 Å². The fraction of sp³-hybridized carbons (Fsp3) is 0.857. The van der Waals surface area contributed by atoms with E-state index in [1.165, 1.54) is 70.6 Å². The van der Waals surface area contributed by atoms with Gasteiger partial charge in [-0.3, -0.25) is 9.36 Å². The molecule has 0 aromatic rings. The zero-order valence-corrected chi connectivity index (χ0v) is 30.0. The van der Waals surface area contributed by atoms with Gasteiger partial charge in [0.1, 0.15) is 13.2 Å².